The van der Waals surface area contributed by atoms with E-state index in [2.05, 4.69) is 29.5 Å². The summed E-state index contributed by atoms with van der Waals surface area (Å²) in [6.07, 6.45) is 2.43. The SMILES string of the molecule is CCN=C(NC1CC1c1ccccc1F)NC1C2CCOC2C1(C)C. The van der Waals surface area contributed by atoms with Gasteiger partial charge in [0.05, 0.1) is 6.10 Å². The molecule has 0 radical (unpaired) electrons. The molecule has 5 unspecified atom stereocenters. The molecule has 25 heavy (non-hydrogen) atoms. The number of nitrogens with one attached hydrogen (secondary N) is 2. The summed E-state index contributed by atoms with van der Waals surface area (Å²) in [5.74, 6) is 1.56. The second-order valence-corrected chi connectivity index (χ2v) is 8.12. The van der Waals surface area contributed by atoms with Gasteiger partial charge in [-0.15, -0.1) is 0 Å². The van der Waals surface area contributed by atoms with Crippen LogP contribution in [-0.2, 0) is 4.74 Å². The average Bonchev–Trinajstić information content (AvgIpc) is 3.18. The van der Waals surface area contributed by atoms with Crippen LogP contribution < -0.4 is 10.6 Å². The van der Waals surface area contributed by atoms with Crippen molar-refractivity contribution in [2.24, 2.45) is 16.3 Å². The van der Waals surface area contributed by atoms with Crippen molar-refractivity contribution in [2.45, 2.75) is 57.7 Å². The third-order valence-corrected chi connectivity index (χ3v) is 6.13. The summed E-state index contributed by atoms with van der Waals surface area (Å²) >= 11 is 0. The number of hydrogen-bond acceptors (Lipinski definition) is 2. The summed E-state index contributed by atoms with van der Waals surface area (Å²) in [6.45, 7) is 8.16. The van der Waals surface area contributed by atoms with Gasteiger partial charge >= 0.3 is 0 Å². The van der Waals surface area contributed by atoms with Crippen molar-refractivity contribution in [1.29, 1.82) is 0 Å². The van der Waals surface area contributed by atoms with E-state index in [0.717, 1.165) is 37.5 Å². The minimum absolute atomic E-state index is 0.107. The van der Waals surface area contributed by atoms with Gasteiger partial charge in [-0.05, 0) is 31.4 Å². The average molecular weight is 345 g/mol. The maximum Gasteiger partial charge on any atom is 0.191 e. The number of ether oxygens (including phenoxy) is 1. The molecule has 0 aromatic heterocycles. The fraction of sp³-hybridized carbons (Fsp3) is 0.650. The summed E-state index contributed by atoms with van der Waals surface area (Å²) in [7, 11) is 0. The molecule has 4 rings (SSSR count). The van der Waals surface area contributed by atoms with E-state index in [-0.39, 0.29) is 23.2 Å². The molecule has 1 aliphatic heterocycles. The minimum atomic E-state index is -0.107. The predicted octanol–water partition coefficient (Wildman–Crippen LogP) is 3.05. The van der Waals surface area contributed by atoms with Crippen LogP contribution in [0.2, 0.25) is 0 Å². The maximum absolute atomic E-state index is 14.0. The van der Waals surface area contributed by atoms with Gasteiger partial charge in [0.2, 0.25) is 0 Å². The quantitative estimate of drug-likeness (QED) is 0.651. The first kappa shape index (κ1) is 16.8. The predicted molar refractivity (Wildman–Crippen MR) is 97.2 cm³/mol. The lowest BCUT2D eigenvalue weighted by Crippen LogP contribution is -2.68. The van der Waals surface area contributed by atoms with Crippen LogP contribution >= 0.6 is 0 Å². The highest BCUT2D eigenvalue weighted by molar-refractivity contribution is 5.81. The first-order valence-corrected chi connectivity index (χ1v) is 9.46. The van der Waals surface area contributed by atoms with Gasteiger partial charge < -0.3 is 15.4 Å². The van der Waals surface area contributed by atoms with Crippen LogP contribution in [0.3, 0.4) is 0 Å². The van der Waals surface area contributed by atoms with E-state index in [1.165, 1.54) is 0 Å². The highest BCUT2D eigenvalue weighted by atomic mass is 19.1. The number of aliphatic imine (C=N–C) groups is 1. The molecule has 5 atom stereocenters. The van der Waals surface area contributed by atoms with Crippen molar-refractivity contribution in [3.8, 4) is 0 Å². The Morgan fingerprint density at radius 3 is 2.88 bits per heavy atom. The monoisotopic (exact) mass is 345 g/mol. The second kappa shape index (κ2) is 6.27. The van der Waals surface area contributed by atoms with Gasteiger partial charge in [-0.2, -0.15) is 0 Å². The van der Waals surface area contributed by atoms with E-state index in [9.17, 15) is 4.39 Å². The van der Waals surface area contributed by atoms with Crippen LogP contribution in [0.4, 0.5) is 4.39 Å². The van der Waals surface area contributed by atoms with Crippen molar-refractivity contribution < 1.29 is 9.13 Å². The fourth-order valence-corrected chi connectivity index (χ4v) is 4.71. The molecule has 0 bridgehead atoms. The minimum Gasteiger partial charge on any atom is -0.377 e. The second-order valence-electron chi connectivity index (χ2n) is 8.12. The first-order chi connectivity index (χ1) is 12.0. The van der Waals surface area contributed by atoms with Gasteiger partial charge in [0.15, 0.2) is 5.96 Å². The standard InChI is InChI=1S/C20H28FN3O/c1-4-22-19(24-17-13-9-10-25-18(13)20(17,2)3)23-16-11-14(16)12-7-5-6-8-15(12)21/h5-8,13-14,16-18H,4,9-11H2,1-3H3,(H2,22,23,24). The van der Waals surface area contributed by atoms with E-state index < -0.39 is 0 Å². The Labute approximate surface area is 149 Å². The van der Waals surface area contributed by atoms with E-state index in [1.807, 2.05) is 19.1 Å². The zero-order valence-corrected chi connectivity index (χ0v) is 15.3. The molecule has 5 heteroatoms. The summed E-state index contributed by atoms with van der Waals surface area (Å²) in [5.41, 5.74) is 0.926. The number of nitrogens with zero attached hydrogens (tertiary/aromatic N) is 1. The molecule has 2 N–H and O–H groups in total. The molecule has 2 saturated carbocycles. The van der Waals surface area contributed by atoms with Gasteiger partial charge in [0, 0.05) is 42.5 Å². The van der Waals surface area contributed by atoms with Crippen molar-refractivity contribution in [1.82, 2.24) is 10.6 Å². The molecule has 3 aliphatic rings. The highest BCUT2D eigenvalue weighted by Gasteiger charge is 2.59. The van der Waals surface area contributed by atoms with Gasteiger partial charge in [0.25, 0.3) is 0 Å². The lowest BCUT2D eigenvalue weighted by atomic mass is 9.57. The topological polar surface area (TPSA) is 45.7 Å². The smallest absolute Gasteiger partial charge is 0.191 e. The Morgan fingerprint density at radius 2 is 2.12 bits per heavy atom. The summed E-state index contributed by atoms with van der Waals surface area (Å²) in [4.78, 5) is 4.62. The van der Waals surface area contributed by atoms with Crippen molar-refractivity contribution in [3.63, 3.8) is 0 Å². The summed E-state index contributed by atoms with van der Waals surface area (Å²) in [6, 6.07) is 7.72. The maximum atomic E-state index is 14.0. The zero-order valence-electron chi connectivity index (χ0n) is 15.3. The number of rotatable bonds is 4. The number of benzene rings is 1. The third kappa shape index (κ3) is 2.92. The molecule has 1 aromatic rings. The molecule has 0 spiro atoms. The van der Waals surface area contributed by atoms with E-state index in [4.69, 9.17) is 4.74 Å². The Bertz CT molecular complexity index is 675. The Balaban J connectivity index is 1.40. The van der Waals surface area contributed by atoms with Gasteiger partial charge in [-0.3, -0.25) is 4.99 Å². The molecule has 0 amide bonds. The lowest BCUT2D eigenvalue weighted by Gasteiger charge is -2.55. The van der Waals surface area contributed by atoms with Crippen molar-refractivity contribution in [3.05, 3.63) is 35.6 Å². The van der Waals surface area contributed by atoms with Crippen LogP contribution in [0, 0.1) is 17.2 Å². The van der Waals surface area contributed by atoms with Crippen LogP contribution in [-0.4, -0.2) is 37.3 Å². The largest absolute Gasteiger partial charge is 0.377 e. The van der Waals surface area contributed by atoms with Gasteiger partial charge in [0.1, 0.15) is 5.82 Å². The van der Waals surface area contributed by atoms with Crippen molar-refractivity contribution in [2.75, 3.05) is 13.2 Å². The normalized spacial score (nSPS) is 35.7. The zero-order chi connectivity index (χ0) is 17.6. The van der Waals surface area contributed by atoms with Crippen LogP contribution in [0.25, 0.3) is 0 Å². The lowest BCUT2D eigenvalue weighted by molar-refractivity contribution is -0.106. The van der Waals surface area contributed by atoms with E-state index in [0.29, 0.717) is 18.1 Å². The molecule has 1 heterocycles. The molecule has 4 nitrogen and oxygen atoms in total. The Morgan fingerprint density at radius 1 is 1.32 bits per heavy atom. The summed E-state index contributed by atoms with van der Waals surface area (Å²) in [5, 5.41) is 7.16. The van der Waals surface area contributed by atoms with Gasteiger partial charge in [-0.1, -0.05) is 32.0 Å². The number of halogens is 1. The number of guanidine groups is 1. The molecular weight excluding hydrogens is 317 g/mol. The van der Waals surface area contributed by atoms with Gasteiger partial charge in [-0.25, -0.2) is 4.39 Å². The molecular formula is C20H28FN3O. The van der Waals surface area contributed by atoms with Crippen LogP contribution in [0.15, 0.2) is 29.3 Å². The molecule has 3 fully saturated rings. The molecule has 1 aromatic carbocycles. The van der Waals surface area contributed by atoms with E-state index in [1.54, 1.807) is 12.1 Å². The fourth-order valence-electron chi connectivity index (χ4n) is 4.71. The number of fused-ring (bicyclic) bond motifs is 1. The summed E-state index contributed by atoms with van der Waals surface area (Å²) < 4.78 is 19.9. The number of hydrogen-bond donors (Lipinski definition) is 2. The molecule has 2 aliphatic carbocycles. The van der Waals surface area contributed by atoms with E-state index >= 15 is 0 Å². The highest BCUT2D eigenvalue weighted by Crippen LogP contribution is 2.52. The Hall–Kier alpha value is -1.62. The van der Waals surface area contributed by atoms with Crippen molar-refractivity contribution >= 4 is 5.96 Å². The first-order valence-electron chi connectivity index (χ1n) is 9.46. The Kier molecular flexibility index (Phi) is 4.22. The third-order valence-electron chi connectivity index (χ3n) is 6.13. The molecule has 1 saturated heterocycles. The van der Waals surface area contributed by atoms with Crippen LogP contribution in [0.5, 0.6) is 0 Å². The van der Waals surface area contributed by atoms with Crippen LogP contribution in [0.1, 0.15) is 45.1 Å². The molecule has 136 valence electrons.